The van der Waals surface area contributed by atoms with Crippen molar-refractivity contribution in [2.45, 2.75) is 26.4 Å². The van der Waals surface area contributed by atoms with Gasteiger partial charge in [-0.3, -0.25) is 13.9 Å². The van der Waals surface area contributed by atoms with Gasteiger partial charge in [0.2, 0.25) is 21.8 Å². The van der Waals surface area contributed by atoms with Crippen molar-refractivity contribution >= 4 is 66.7 Å². The molecule has 2 aromatic rings. The molecule has 0 aromatic heterocycles. The Morgan fingerprint density at radius 2 is 1.75 bits per heavy atom. The highest BCUT2D eigenvalue weighted by molar-refractivity contribution is 9.10. The van der Waals surface area contributed by atoms with Gasteiger partial charge in [-0.2, -0.15) is 0 Å². The number of halogens is 3. The van der Waals surface area contributed by atoms with Crippen LogP contribution in [0.15, 0.2) is 46.9 Å². The molecule has 0 bridgehead atoms. The minimum atomic E-state index is -3.88. The average molecular weight is 565 g/mol. The van der Waals surface area contributed by atoms with Gasteiger partial charge in [-0.05, 0) is 43.7 Å². The number of likely N-dealkylation sites (N-methyl/N-ethyl adjacent to an activating group) is 1. The molecule has 0 spiro atoms. The molecule has 0 radical (unpaired) electrons. The number of hydrogen-bond donors (Lipinski definition) is 1. The molecular formula is C21H24BrCl2N3O4S. The van der Waals surface area contributed by atoms with Gasteiger partial charge in [-0.25, -0.2) is 8.42 Å². The van der Waals surface area contributed by atoms with Crippen LogP contribution in [0, 0.1) is 0 Å². The van der Waals surface area contributed by atoms with Crippen molar-refractivity contribution in [2.24, 2.45) is 0 Å². The Labute approximate surface area is 206 Å². The van der Waals surface area contributed by atoms with E-state index in [4.69, 9.17) is 23.2 Å². The molecule has 32 heavy (non-hydrogen) atoms. The Kier molecular flexibility index (Phi) is 9.39. The number of carbonyl (C=O) groups is 2. The molecule has 0 aliphatic heterocycles. The van der Waals surface area contributed by atoms with Crippen LogP contribution in [-0.4, -0.2) is 50.5 Å². The highest BCUT2D eigenvalue weighted by Crippen LogP contribution is 2.33. The molecule has 1 atom stereocenters. The van der Waals surface area contributed by atoms with Gasteiger partial charge in [0, 0.05) is 17.6 Å². The average Bonchev–Trinajstić information content (AvgIpc) is 2.72. The number of amides is 2. The van der Waals surface area contributed by atoms with Crippen molar-refractivity contribution in [3.63, 3.8) is 0 Å². The highest BCUT2D eigenvalue weighted by Gasteiger charge is 2.30. The number of carbonyl (C=O) groups excluding carboxylic acids is 2. The van der Waals surface area contributed by atoms with Crippen molar-refractivity contribution < 1.29 is 18.0 Å². The third-order valence-corrected chi connectivity index (χ3v) is 7.13. The standard InChI is InChI=1S/C21H24BrCl2N3O4S/c1-4-25-21(29)14(2)26(12-15-8-10-16(22)11-9-15)19(28)13-27(32(3,30)31)18-7-5-6-17(23)20(18)24/h5-11,14H,4,12-13H2,1-3H3,(H,25,29)/t14-/m0/s1. The van der Waals surface area contributed by atoms with Crippen LogP contribution < -0.4 is 9.62 Å². The zero-order valence-corrected chi connectivity index (χ0v) is 21.7. The van der Waals surface area contributed by atoms with Gasteiger partial charge in [0.1, 0.15) is 12.6 Å². The molecule has 0 saturated heterocycles. The first-order chi connectivity index (χ1) is 15.0. The Morgan fingerprint density at radius 1 is 1.12 bits per heavy atom. The van der Waals surface area contributed by atoms with Gasteiger partial charge in [-0.15, -0.1) is 0 Å². The summed E-state index contributed by atoms with van der Waals surface area (Å²) in [4.78, 5) is 27.2. The second kappa shape index (κ2) is 11.4. The summed E-state index contributed by atoms with van der Waals surface area (Å²) >= 11 is 15.6. The lowest BCUT2D eigenvalue weighted by Crippen LogP contribution is -2.51. The molecule has 0 saturated carbocycles. The molecule has 2 rings (SSSR count). The molecule has 11 heteroatoms. The van der Waals surface area contributed by atoms with E-state index in [9.17, 15) is 18.0 Å². The van der Waals surface area contributed by atoms with E-state index in [-0.39, 0.29) is 28.2 Å². The summed E-state index contributed by atoms with van der Waals surface area (Å²) in [5, 5.41) is 2.87. The van der Waals surface area contributed by atoms with Gasteiger partial charge >= 0.3 is 0 Å². The lowest BCUT2D eigenvalue weighted by molar-refractivity contribution is -0.139. The summed E-state index contributed by atoms with van der Waals surface area (Å²) in [6, 6.07) is 11.0. The fraction of sp³-hybridized carbons (Fsp3) is 0.333. The number of anilines is 1. The SMILES string of the molecule is CCNC(=O)[C@H](C)N(Cc1ccc(Br)cc1)C(=O)CN(c1cccc(Cl)c1Cl)S(C)(=O)=O. The minimum Gasteiger partial charge on any atom is -0.355 e. The van der Waals surface area contributed by atoms with Gasteiger partial charge in [0.15, 0.2) is 0 Å². The molecule has 0 heterocycles. The number of nitrogens with one attached hydrogen (secondary N) is 1. The van der Waals surface area contributed by atoms with Crippen molar-refractivity contribution in [1.29, 1.82) is 0 Å². The van der Waals surface area contributed by atoms with Crippen molar-refractivity contribution in [1.82, 2.24) is 10.2 Å². The van der Waals surface area contributed by atoms with Gasteiger partial charge in [0.25, 0.3) is 0 Å². The van der Waals surface area contributed by atoms with Gasteiger partial charge < -0.3 is 10.2 Å². The number of rotatable bonds is 9. The zero-order valence-electron chi connectivity index (χ0n) is 17.8. The molecular weight excluding hydrogens is 541 g/mol. The van der Waals surface area contributed by atoms with Crippen LogP contribution in [0.4, 0.5) is 5.69 Å². The van der Waals surface area contributed by atoms with Crippen molar-refractivity contribution in [2.75, 3.05) is 23.7 Å². The van der Waals surface area contributed by atoms with Crippen LogP contribution in [-0.2, 0) is 26.2 Å². The summed E-state index contributed by atoms with van der Waals surface area (Å²) in [6.45, 7) is 3.35. The molecule has 2 amide bonds. The maximum atomic E-state index is 13.3. The Hall–Kier alpha value is -1.81. The Morgan fingerprint density at radius 3 is 2.31 bits per heavy atom. The van der Waals surface area contributed by atoms with E-state index in [0.717, 1.165) is 20.6 Å². The second-order valence-electron chi connectivity index (χ2n) is 7.06. The fourth-order valence-corrected chi connectivity index (χ4v) is 4.54. The first-order valence-corrected chi connectivity index (χ1v) is 13.1. The Bertz CT molecular complexity index is 1080. The second-order valence-corrected chi connectivity index (χ2v) is 10.7. The predicted octanol–water partition coefficient (Wildman–Crippen LogP) is 4.08. The van der Waals surface area contributed by atoms with E-state index in [1.807, 2.05) is 24.3 Å². The molecule has 2 aromatic carbocycles. The zero-order chi connectivity index (χ0) is 24.1. The Balaban J connectivity index is 2.42. The van der Waals surface area contributed by atoms with E-state index in [2.05, 4.69) is 21.2 Å². The quantitative estimate of drug-likeness (QED) is 0.497. The monoisotopic (exact) mass is 563 g/mol. The molecule has 174 valence electrons. The maximum Gasteiger partial charge on any atom is 0.244 e. The van der Waals surface area contributed by atoms with Crippen LogP contribution >= 0.6 is 39.1 Å². The van der Waals surface area contributed by atoms with Crippen LogP contribution in [0.3, 0.4) is 0 Å². The minimum absolute atomic E-state index is 0.0172. The first-order valence-electron chi connectivity index (χ1n) is 9.69. The van der Waals surface area contributed by atoms with Crippen LogP contribution in [0.25, 0.3) is 0 Å². The summed E-state index contributed by atoms with van der Waals surface area (Å²) in [7, 11) is -3.88. The third kappa shape index (κ3) is 6.84. The summed E-state index contributed by atoms with van der Waals surface area (Å²) in [5.74, 6) is -0.905. The van der Waals surface area contributed by atoms with Crippen LogP contribution in [0.5, 0.6) is 0 Å². The van der Waals surface area contributed by atoms with E-state index in [1.54, 1.807) is 19.9 Å². The molecule has 1 N–H and O–H groups in total. The maximum absolute atomic E-state index is 13.3. The van der Waals surface area contributed by atoms with E-state index >= 15 is 0 Å². The lowest BCUT2D eigenvalue weighted by atomic mass is 10.1. The topological polar surface area (TPSA) is 86.8 Å². The van der Waals surface area contributed by atoms with Crippen LogP contribution in [0.2, 0.25) is 10.0 Å². The molecule has 0 fully saturated rings. The molecule has 0 aliphatic carbocycles. The van der Waals surface area contributed by atoms with Crippen molar-refractivity contribution in [3.8, 4) is 0 Å². The molecule has 0 unspecified atom stereocenters. The van der Waals surface area contributed by atoms with Gasteiger partial charge in [0.05, 0.1) is 22.0 Å². The summed E-state index contributed by atoms with van der Waals surface area (Å²) in [5.41, 5.74) is 0.869. The van der Waals surface area contributed by atoms with Gasteiger partial charge in [-0.1, -0.05) is 57.3 Å². The van der Waals surface area contributed by atoms with E-state index in [0.29, 0.717) is 6.54 Å². The normalized spacial score (nSPS) is 12.2. The fourth-order valence-electron chi connectivity index (χ4n) is 2.97. The lowest BCUT2D eigenvalue weighted by Gasteiger charge is -2.31. The summed E-state index contributed by atoms with van der Waals surface area (Å²) in [6.07, 6.45) is 0.976. The number of benzene rings is 2. The smallest absolute Gasteiger partial charge is 0.244 e. The number of sulfonamides is 1. The third-order valence-electron chi connectivity index (χ3n) is 4.66. The summed E-state index contributed by atoms with van der Waals surface area (Å²) < 4.78 is 26.8. The van der Waals surface area contributed by atoms with Crippen LogP contribution in [0.1, 0.15) is 19.4 Å². The highest BCUT2D eigenvalue weighted by atomic mass is 79.9. The van der Waals surface area contributed by atoms with E-state index < -0.39 is 28.5 Å². The number of hydrogen-bond acceptors (Lipinski definition) is 4. The number of nitrogens with zero attached hydrogens (tertiary/aromatic N) is 2. The molecule has 0 aliphatic rings. The predicted molar refractivity (Wildman–Crippen MR) is 131 cm³/mol. The first kappa shape index (κ1) is 26.4. The largest absolute Gasteiger partial charge is 0.355 e. The van der Waals surface area contributed by atoms with E-state index in [1.165, 1.54) is 17.0 Å². The van der Waals surface area contributed by atoms with Crippen molar-refractivity contribution in [3.05, 3.63) is 62.5 Å². The molecule has 7 nitrogen and oxygen atoms in total.